The van der Waals surface area contributed by atoms with Crippen LogP contribution in [0.1, 0.15) is 19.3 Å². The van der Waals surface area contributed by atoms with Crippen LogP contribution in [0.15, 0.2) is 36.4 Å². The van der Waals surface area contributed by atoms with Crippen LogP contribution in [0.3, 0.4) is 0 Å². The van der Waals surface area contributed by atoms with E-state index >= 15 is 0 Å². The highest BCUT2D eigenvalue weighted by Gasteiger charge is 2.17. The van der Waals surface area contributed by atoms with Gasteiger partial charge >= 0.3 is 0 Å². The number of anilines is 3. The molecule has 1 saturated heterocycles. The summed E-state index contributed by atoms with van der Waals surface area (Å²) in [6.07, 6.45) is 1.73. The van der Waals surface area contributed by atoms with Gasteiger partial charge in [-0.2, -0.15) is 0 Å². The first-order valence-corrected chi connectivity index (χ1v) is 8.52. The molecule has 0 bridgehead atoms. The molecule has 1 fully saturated rings. The maximum Gasteiger partial charge on any atom is 0.233 e. The third kappa shape index (κ3) is 4.58. The molecular weight excluding hydrogens is 359 g/mol. The Balaban J connectivity index is 1.54. The molecule has 0 radical (unpaired) electrons. The molecule has 2 aromatic rings. The molecule has 0 saturated carbocycles. The van der Waals surface area contributed by atoms with E-state index in [0.29, 0.717) is 11.8 Å². The minimum atomic E-state index is -1.68. The lowest BCUT2D eigenvalue weighted by molar-refractivity contribution is -0.123. The van der Waals surface area contributed by atoms with E-state index in [1.807, 2.05) is 12.1 Å². The minimum absolute atomic E-state index is 0.523. The van der Waals surface area contributed by atoms with E-state index in [0.717, 1.165) is 37.7 Å². The molecule has 1 heterocycles. The van der Waals surface area contributed by atoms with Crippen LogP contribution in [-0.4, -0.2) is 24.9 Å². The normalized spacial score (nSPS) is 13.5. The highest BCUT2D eigenvalue weighted by atomic mass is 19.2. The molecule has 1 aliphatic heterocycles. The number of carbonyl (C=O) groups excluding carboxylic acids is 2. The summed E-state index contributed by atoms with van der Waals surface area (Å²) in [7, 11) is 0. The smallest absolute Gasteiger partial charge is 0.233 e. The molecule has 2 aromatic carbocycles. The number of hydrogen-bond acceptors (Lipinski definition) is 3. The summed E-state index contributed by atoms with van der Waals surface area (Å²) in [5.41, 5.74) is 1.06. The van der Waals surface area contributed by atoms with Crippen LogP contribution in [0.4, 0.5) is 30.2 Å². The average molecular weight is 377 g/mol. The number of carbonyl (C=O) groups is 2. The molecule has 8 heteroatoms. The third-order valence-electron chi connectivity index (χ3n) is 4.25. The summed E-state index contributed by atoms with van der Waals surface area (Å²) in [4.78, 5) is 26.0. The lowest BCUT2D eigenvalue weighted by atomic mass is 10.2. The molecular formula is C19H18F3N3O2. The second kappa shape index (κ2) is 8.11. The second-order valence-corrected chi connectivity index (χ2v) is 6.24. The zero-order chi connectivity index (χ0) is 19.4. The maximum absolute atomic E-state index is 13.5. The van der Waals surface area contributed by atoms with E-state index in [4.69, 9.17) is 0 Å². The quantitative estimate of drug-likeness (QED) is 0.617. The summed E-state index contributed by atoms with van der Waals surface area (Å²) < 4.78 is 39.6. The van der Waals surface area contributed by atoms with Gasteiger partial charge < -0.3 is 15.5 Å². The second-order valence-electron chi connectivity index (χ2n) is 6.24. The van der Waals surface area contributed by atoms with Gasteiger partial charge in [-0.15, -0.1) is 0 Å². The molecule has 2 N–H and O–H groups in total. The predicted octanol–water partition coefficient (Wildman–Crippen LogP) is 3.67. The summed E-state index contributed by atoms with van der Waals surface area (Å²) in [6.45, 7) is 2.01. The van der Waals surface area contributed by atoms with Gasteiger partial charge in [0.1, 0.15) is 6.42 Å². The van der Waals surface area contributed by atoms with Crippen molar-refractivity contribution in [3.05, 3.63) is 53.8 Å². The number of rotatable bonds is 5. The average Bonchev–Trinajstić information content (AvgIpc) is 3.17. The van der Waals surface area contributed by atoms with Crippen LogP contribution in [0.2, 0.25) is 0 Å². The summed E-state index contributed by atoms with van der Waals surface area (Å²) in [5, 5.41) is 4.62. The lowest BCUT2D eigenvalue weighted by Gasteiger charge is -2.17. The standard InChI is InChI=1S/C19H18F3N3O2/c20-14-7-8-15(19(22)18(14)21)24-17(27)11-16(26)23-12-3-5-13(6-4-12)25-9-1-2-10-25/h3-8H,1-2,9-11H2,(H,23,26)(H,24,27). The Morgan fingerprint density at radius 2 is 1.48 bits per heavy atom. The molecule has 0 spiro atoms. The number of amides is 2. The first kappa shape index (κ1) is 18.8. The van der Waals surface area contributed by atoms with Gasteiger partial charge in [0, 0.05) is 24.5 Å². The number of halogens is 3. The van der Waals surface area contributed by atoms with Gasteiger partial charge in [-0.3, -0.25) is 9.59 Å². The van der Waals surface area contributed by atoms with Gasteiger partial charge in [-0.25, -0.2) is 13.2 Å². The predicted molar refractivity (Wildman–Crippen MR) is 96.1 cm³/mol. The summed E-state index contributed by atoms with van der Waals surface area (Å²) >= 11 is 0. The van der Waals surface area contributed by atoms with Crippen molar-refractivity contribution in [3.63, 3.8) is 0 Å². The molecule has 0 unspecified atom stereocenters. The maximum atomic E-state index is 13.5. The Labute approximate surface area is 154 Å². The van der Waals surface area contributed by atoms with Crippen molar-refractivity contribution < 1.29 is 22.8 Å². The minimum Gasteiger partial charge on any atom is -0.372 e. The molecule has 5 nitrogen and oxygen atoms in total. The molecule has 3 rings (SSSR count). The van der Waals surface area contributed by atoms with Crippen molar-refractivity contribution in [2.45, 2.75) is 19.3 Å². The van der Waals surface area contributed by atoms with E-state index < -0.39 is 41.4 Å². The van der Waals surface area contributed by atoms with Crippen LogP contribution >= 0.6 is 0 Å². The molecule has 0 atom stereocenters. The third-order valence-corrected chi connectivity index (χ3v) is 4.25. The number of nitrogens with one attached hydrogen (secondary N) is 2. The van der Waals surface area contributed by atoms with Crippen molar-refractivity contribution in [1.82, 2.24) is 0 Å². The van der Waals surface area contributed by atoms with Crippen molar-refractivity contribution in [1.29, 1.82) is 0 Å². The molecule has 1 aliphatic rings. The molecule has 0 aliphatic carbocycles. The van der Waals surface area contributed by atoms with E-state index in [-0.39, 0.29) is 0 Å². The van der Waals surface area contributed by atoms with Gasteiger partial charge in [-0.05, 0) is 49.2 Å². The highest BCUT2D eigenvalue weighted by molar-refractivity contribution is 6.08. The van der Waals surface area contributed by atoms with Crippen LogP contribution in [0.5, 0.6) is 0 Å². The Morgan fingerprint density at radius 1 is 0.852 bits per heavy atom. The van der Waals surface area contributed by atoms with E-state index in [1.165, 1.54) is 0 Å². The number of hydrogen-bond donors (Lipinski definition) is 2. The largest absolute Gasteiger partial charge is 0.372 e. The van der Waals surface area contributed by atoms with Crippen molar-refractivity contribution in [2.24, 2.45) is 0 Å². The summed E-state index contributed by atoms with van der Waals surface area (Å²) in [6, 6.07) is 8.82. The molecule has 27 heavy (non-hydrogen) atoms. The van der Waals surface area contributed by atoms with Crippen LogP contribution < -0.4 is 15.5 Å². The Morgan fingerprint density at radius 3 is 2.15 bits per heavy atom. The fourth-order valence-corrected chi connectivity index (χ4v) is 2.90. The van der Waals surface area contributed by atoms with Gasteiger partial charge in [0.2, 0.25) is 11.8 Å². The molecule has 0 aromatic heterocycles. The Kier molecular flexibility index (Phi) is 5.63. The van der Waals surface area contributed by atoms with Crippen LogP contribution in [0.25, 0.3) is 0 Å². The van der Waals surface area contributed by atoms with E-state index in [1.54, 1.807) is 12.1 Å². The Hall–Kier alpha value is -3.03. The van der Waals surface area contributed by atoms with Gasteiger partial charge in [0.05, 0.1) is 5.69 Å². The van der Waals surface area contributed by atoms with E-state index in [2.05, 4.69) is 15.5 Å². The van der Waals surface area contributed by atoms with Gasteiger partial charge in [0.15, 0.2) is 17.5 Å². The number of nitrogens with zero attached hydrogens (tertiary/aromatic N) is 1. The fraction of sp³-hybridized carbons (Fsp3) is 0.263. The first-order chi connectivity index (χ1) is 12.9. The Bertz CT molecular complexity index is 850. The number of benzene rings is 2. The van der Waals surface area contributed by atoms with Crippen molar-refractivity contribution in [2.75, 3.05) is 28.6 Å². The zero-order valence-electron chi connectivity index (χ0n) is 14.4. The fourth-order valence-electron chi connectivity index (χ4n) is 2.90. The van der Waals surface area contributed by atoms with E-state index in [9.17, 15) is 22.8 Å². The van der Waals surface area contributed by atoms with Crippen molar-refractivity contribution in [3.8, 4) is 0 Å². The van der Waals surface area contributed by atoms with Gasteiger partial charge in [0.25, 0.3) is 0 Å². The van der Waals surface area contributed by atoms with Gasteiger partial charge in [-0.1, -0.05) is 0 Å². The SMILES string of the molecule is O=C(CC(=O)Nc1ccc(F)c(F)c1F)Nc1ccc(N2CCCC2)cc1. The van der Waals surface area contributed by atoms with Crippen LogP contribution in [-0.2, 0) is 9.59 Å². The first-order valence-electron chi connectivity index (χ1n) is 8.52. The molecule has 142 valence electrons. The van der Waals surface area contributed by atoms with Crippen molar-refractivity contribution >= 4 is 28.9 Å². The topological polar surface area (TPSA) is 61.4 Å². The summed E-state index contributed by atoms with van der Waals surface area (Å²) in [5.74, 6) is -6.01. The van der Waals surface area contributed by atoms with Crippen LogP contribution in [0, 0.1) is 17.5 Å². The monoisotopic (exact) mass is 377 g/mol. The highest BCUT2D eigenvalue weighted by Crippen LogP contribution is 2.22. The zero-order valence-corrected chi connectivity index (χ0v) is 14.4. The lowest BCUT2D eigenvalue weighted by Crippen LogP contribution is -2.22. The molecule has 2 amide bonds.